The van der Waals surface area contributed by atoms with Crippen LogP contribution in [-0.2, 0) is 19.1 Å². The minimum absolute atomic E-state index is 0.0542. The number of aromatic nitrogens is 3. The molecule has 2 aliphatic rings. The number of benzene rings is 2. The van der Waals surface area contributed by atoms with Gasteiger partial charge in [-0.2, -0.15) is 5.10 Å². The first-order valence-corrected chi connectivity index (χ1v) is 16.7. The molecule has 0 radical (unpaired) electrons. The van der Waals surface area contributed by atoms with Gasteiger partial charge in [0.2, 0.25) is 0 Å². The van der Waals surface area contributed by atoms with Crippen LogP contribution in [0.5, 0.6) is 0 Å². The van der Waals surface area contributed by atoms with Crippen LogP contribution in [0.3, 0.4) is 0 Å². The molecule has 16 heteroatoms. The van der Waals surface area contributed by atoms with Gasteiger partial charge in [-0.25, -0.2) is 9.78 Å². The Morgan fingerprint density at radius 3 is 2.48 bits per heavy atom. The van der Waals surface area contributed by atoms with Crippen molar-refractivity contribution in [3.63, 3.8) is 0 Å². The zero-order chi connectivity index (χ0) is 32.2. The van der Waals surface area contributed by atoms with Gasteiger partial charge in [-0.15, -0.1) is 11.8 Å². The van der Waals surface area contributed by atoms with Crippen LogP contribution in [0.1, 0.15) is 28.5 Å². The van der Waals surface area contributed by atoms with Gasteiger partial charge < -0.3 is 21.0 Å². The number of nitrogens with two attached hydrogens (primary N) is 1. The molecule has 2 aromatic carbocycles. The zero-order valence-corrected chi connectivity index (χ0v) is 26.8. The highest BCUT2D eigenvalue weighted by molar-refractivity contribution is 8.08. The Morgan fingerprint density at radius 2 is 1.89 bits per heavy atom. The molecule has 2 aliphatic heterocycles. The summed E-state index contributed by atoms with van der Waals surface area (Å²) in [7, 11) is 0. The van der Waals surface area contributed by atoms with Crippen molar-refractivity contribution < 1.29 is 24.3 Å². The summed E-state index contributed by atoms with van der Waals surface area (Å²) in [6, 6.07) is 17.6. The Morgan fingerprint density at radius 1 is 1.20 bits per heavy atom. The molecule has 1 saturated heterocycles. The maximum atomic E-state index is 14.1. The second-order valence-corrected chi connectivity index (χ2v) is 13.6. The van der Waals surface area contributed by atoms with Crippen LogP contribution in [0.25, 0.3) is 6.08 Å². The molecule has 1 fully saturated rings. The summed E-state index contributed by atoms with van der Waals surface area (Å²) in [4.78, 5) is 46.7. The number of aromatic amines is 1. The molecule has 234 valence electrons. The third-order valence-electron chi connectivity index (χ3n) is 6.97. The van der Waals surface area contributed by atoms with Gasteiger partial charge in [-0.3, -0.25) is 19.6 Å². The van der Waals surface area contributed by atoms with E-state index in [0.717, 1.165) is 28.0 Å². The first-order valence-electron chi connectivity index (χ1n) is 13.6. The monoisotopic (exact) mass is 693 g/mol. The number of β-lactam (4-membered cyclic amide) rings is 1. The summed E-state index contributed by atoms with van der Waals surface area (Å²) in [5, 5.41) is 23.1. The number of nitrogens with zero attached hydrogens (tertiary/aromatic N) is 4. The minimum atomic E-state index is -1.03. The number of amides is 2. The van der Waals surface area contributed by atoms with E-state index in [-0.39, 0.29) is 20.9 Å². The van der Waals surface area contributed by atoms with Crippen molar-refractivity contribution >= 4 is 81.2 Å². The first-order chi connectivity index (χ1) is 22.4. The van der Waals surface area contributed by atoms with Gasteiger partial charge in [0.15, 0.2) is 16.9 Å². The maximum absolute atomic E-state index is 14.1. The van der Waals surface area contributed by atoms with E-state index in [9.17, 15) is 19.6 Å². The second kappa shape index (κ2) is 13.8. The van der Waals surface area contributed by atoms with Crippen LogP contribution in [0.4, 0.5) is 5.13 Å². The number of H-pyrrole nitrogens is 1. The maximum Gasteiger partial charge on any atom is 0.356 e. The smallest absolute Gasteiger partial charge is 0.356 e. The number of thiazole rings is 1. The average Bonchev–Trinajstić information content (AvgIpc) is 3.71. The first kappa shape index (κ1) is 31.4. The van der Waals surface area contributed by atoms with Gasteiger partial charge in [0, 0.05) is 22.4 Å². The predicted octanol–water partition coefficient (Wildman–Crippen LogP) is 4.63. The van der Waals surface area contributed by atoms with Crippen LogP contribution < -0.4 is 11.1 Å². The fourth-order valence-electron chi connectivity index (χ4n) is 4.84. The summed E-state index contributed by atoms with van der Waals surface area (Å²) in [6.45, 7) is 0. The van der Waals surface area contributed by atoms with Gasteiger partial charge in [-0.05, 0) is 22.6 Å². The van der Waals surface area contributed by atoms with Crippen molar-refractivity contribution in [2.24, 2.45) is 5.16 Å². The van der Waals surface area contributed by atoms with E-state index in [1.165, 1.54) is 28.4 Å². The van der Waals surface area contributed by atoms with Gasteiger partial charge in [0.1, 0.15) is 27.1 Å². The third kappa shape index (κ3) is 6.39. The topological polar surface area (TPSA) is 176 Å². The summed E-state index contributed by atoms with van der Waals surface area (Å²) >= 11 is 9.68. The lowest BCUT2D eigenvalue weighted by Crippen LogP contribution is -2.71. The number of carbonyl (C=O) groups is 3. The van der Waals surface area contributed by atoms with Crippen LogP contribution in [0.2, 0.25) is 4.34 Å². The molecule has 6 rings (SSSR count). The van der Waals surface area contributed by atoms with E-state index < -0.39 is 41.0 Å². The number of oxime groups is 1. The number of carbonyl (C=O) groups excluding carboxylic acids is 3. The van der Waals surface area contributed by atoms with E-state index in [0.29, 0.717) is 10.7 Å². The summed E-state index contributed by atoms with van der Waals surface area (Å²) in [5.74, 6) is -1.75. The molecule has 2 aromatic heterocycles. The fraction of sp³-hybridized carbons (Fsp3) is 0.133. The number of fused-ring (bicyclic) bond motifs is 1. The molecule has 0 saturated carbocycles. The average molecular weight is 694 g/mol. The van der Waals surface area contributed by atoms with Gasteiger partial charge in [0.25, 0.3) is 11.8 Å². The molecule has 4 heterocycles. The van der Waals surface area contributed by atoms with Crippen molar-refractivity contribution in [3.8, 4) is 0 Å². The van der Waals surface area contributed by atoms with Crippen molar-refractivity contribution in [2.75, 3.05) is 11.5 Å². The predicted molar refractivity (Wildman–Crippen MR) is 178 cm³/mol. The zero-order valence-electron chi connectivity index (χ0n) is 23.6. The molecule has 46 heavy (non-hydrogen) atoms. The highest BCUT2D eigenvalue weighted by atomic mass is 35.5. The summed E-state index contributed by atoms with van der Waals surface area (Å²) in [5.41, 5.74) is 7.52. The number of hydrogen-bond acceptors (Lipinski definition) is 12. The van der Waals surface area contributed by atoms with Crippen LogP contribution in [0.15, 0.2) is 94.2 Å². The van der Waals surface area contributed by atoms with Crippen molar-refractivity contribution in [3.05, 3.63) is 116 Å². The van der Waals surface area contributed by atoms with E-state index >= 15 is 0 Å². The number of esters is 1. The van der Waals surface area contributed by atoms with E-state index in [1.54, 1.807) is 17.8 Å². The van der Waals surface area contributed by atoms with Gasteiger partial charge >= 0.3 is 5.97 Å². The SMILES string of the molecule is Nc1nc(/C(=N/O)C(=O)N[C@@H]2C(=O)N3C(C(=O)OC(c4ccccc4)c4ccccc4)=C(S/C=C/c4cn[nH]c4)CS[C@H]23)c(Cl)s1. The lowest BCUT2D eigenvalue weighted by Gasteiger charge is -2.49. The van der Waals surface area contributed by atoms with E-state index in [2.05, 4.69) is 25.7 Å². The molecule has 4 aromatic rings. The molecule has 12 nitrogen and oxygen atoms in total. The molecule has 0 aliphatic carbocycles. The summed E-state index contributed by atoms with van der Waals surface area (Å²) < 4.78 is 6.22. The Kier molecular flexibility index (Phi) is 9.44. The second-order valence-electron chi connectivity index (χ2n) is 9.81. The quantitative estimate of drug-likeness (QED) is 0.0603. The minimum Gasteiger partial charge on any atom is -0.448 e. The largest absolute Gasteiger partial charge is 0.448 e. The number of hydrogen-bond donors (Lipinski definition) is 4. The molecule has 5 N–H and O–H groups in total. The third-order valence-corrected chi connectivity index (χ3v) is 10.4. The standard InChI is InChI=1S/C30H24ClN7O5S3/c31-25-20(36-30(32)46-25)21(37-42)26(39)35-22-27(40)38-23(19(15-45-28(22)38)44-12-11-16-13-33-34-14-16)29(41)43-24(17-7-3-1-4-8-17)18-9-5-2-6-10-18/h1-14,22,24,28,42H,15H2,(H2,32,36)(H,33,34)(H,35,39)/b12-11+,37-21-/t22-,28-/m1/s1. The fourth-order valence-corrected chi connectivity index (χ4v) is 8.12. The van der Waals surface area contributed by atoms with Crippen molar-refractivity contribution in [1.82, 2.24) is 25.4 Å². The molecular weight excluding hydrogens is 670 g/mol. The normalized spacial score (nSPS) is 18.1. The Hall–Kier alpha value is -4.57. The molecule has 0 spiro atoms. The number of ether oxygens (including phenoxy) is 1. The highest BCUT2D eigenvalue weighted by Crippen LogP contribution is 2.45. The van der Waals surface area contributed by atoms with E-state index in [4.69, 9.17) is 22.1 Å². The number of thioether (sulfide) groups is 2. The number of nitrogen functional groups attached to an aromatic ring is 1. The van der Waals surface area contributed by atoms with Crippen molar-refractivity contribution in [2.45, 2.75) is 17.5 Å². The van der Waals surface area contributed by atoms with Gasteiger partial charge in [0.05, 0.1) is 6.20 Å². The Labute approximate surface area is 279 Å². The molecule has 0 bridgehead atoms. The van der Waals surface area contributed by atoms with Crippen LogP contribution in [0, 0.1) is 0 Å². The molecule has 2 amide bonds. The lowest BCUT2D eigenvalue weighted by atomic mass is 10.0. The molecule has 2 atom stereocenters. The van der Waals surface area contributed by atoms with Gasteiger partial charge in [-0.1, -0.05) is 101 Å². The number of halogens is 1. The summed E-state index contributed by atoms with van der Waals surface area (Å²) in [6.07, 6.45) is 4.46. The number of nitrogens with one attached hydrogen (secondary N) is 2. The van der Waals surface area contributed by atoms with E-state index in [1.807, 2.05) is 66.7 Å². The van der Waals surface area contributed by atoms with Crippen LogP contribution in [-0.4, -0.2) is 66.0 Å². The molecule has 0 unspecified atom stereocenters. The molecular formula is C30H24ClN7O5S3. The van der Waals surface area contributed by atoms with Crippen molar-refractivity contribution in [1.29, 1.82) is 0 Å². The number of anilines is 1. The Balaban J connectivity index is 1.28. The Bertz CT molecular complexity index is 1810. The lowest BCUT2D eigenvalue weighted by molar-refractivity contribution is -0.154. The van der Waals surface area contributed by atoms with Crippen LogP contribution >= 0.6 is 46.5 Å². The number of rotatable bonds is 10. The highest BCUT2D eigenvalue weighted by Gasteiger charge is 2.55.